The van der Waals surface area contributed by atoms with E-state index in [1.807, 2.05) is 0 Å². The Labute approximate surface area is 74.3 Å². The van der Waals surface area contributed by atoms with E-state index in [9.17, 15) is 4.79 Å². The molecule has 2 aromatic rings. The van der Waals surface area contributed by atoms with Crippen LogP contribution in [0.15, 0.2) is 41.8 Å². The van der Waals surface area contributed by atoms with Gasteiger partial charge < -0.3 is 4.98 Å². The fraction of sp³-hybridized carbons (Fsp3) is 0. The van der Waals surface area contributed by atoms with Gasteiger partial charge in [0.1, 0.15) is 0 Å². The molecule has 0 atom stereocenters. The molecule has 0 saturated carbocycles. The van der Waals surface area contributed by atoms with Gasteiger partial charge in [0.2, 0.25) is 0 Å². The molecule has 64 valence electrons. The largest absolute Gasteiger partial charge is 0.313 e. The van der Waals surface area contributed by atoms with Crippen LogP contribution in [-0.4, -0.2) is 15.0 Å². The van der Waals surface area contributed by atoms with E-state index in [1.165, 1.54) is 12.5 Å². The van der Waals surface area contributed by atoms with Crippen molar-refractivity contribution in [2.24, 2.45) is 0 Å². The van der Waals surface area contributed by atoms with Crippen molar-refractivity contribution in [3.8, 4) is 11.1 Å². The highest BCUT2D eigenvalue weighted by Gasteiger charge is 2.00. The fourth-order valence-electron chi connectivity index (χ4n) is 1.08. The lowest BCUT2D eigenvalue weighted by molar-refractivity contribution is 1.12. The molecule has 0 unspecified atom stereocenters. The molecule has 0 spiro atoms. The second-order valence-corrected chi connectivity index (χ2v) is 2.53. The molecule has 4 nitrogen and oxygen atoms in total. The van der Waals surface area contributed by atoms with Crippen molar-refractivity contribution in [1.82, 2.24) is 15.0 Å². The molecular formula is C9H7N3O. The molecule has 13 heavy (non-hydrogen) atoms. The van der Waals surface area contributed by atoms with Gasteiger partial charge in [-0.2, -0.15) is 0 Å². The van der Waals surface area contributed by atoms with E-state index in [2.05, 4.69) is 15.0 Å². The lowest BCUT2D eigenvalue weighted by atomic mass is 10.1. The minimum absolute atomic E-state index is 0.138. The van der Waals surface area contributed by atoms with Gasteiger partial charge in [-0.25, -0.2) is 4.98 Å². The maximum atomic E-state index is 11.3. The van der Waals surface area contributed by atoms with Crippen LogP contribution < -0.4 is 5.56 Å². The summed E-state index contributed by atoms with van der Waals surface area (Å²) in [5.41, 5.74) is 1.25. The van der Waals surface area contributed by atoms with Gasteiger partial charge in [0.05, 0.1) is 11.9 Å². The summed E-state index contributed by atoms with van der Waals surface area (Å²) >= 11 is 0. The molecule has 0 radical (unpaired) electrons. The number of aromatic nitrogens is 3. The first-order valence-corrected chi connectivity index (χ1v) is 3.81. The third-order valence-corrected chi connectivity index (χ3v) is 1.71. The van der Waals surface area contributed by atoms with Gasteiger partial charge >= 0.3 is 0 Å². The van der Waals surface area contributed by atoms with Gasteiger partial charge in [0.25, 0.3) is 5.56 Å². The highest BCUT2D eigenvalue weighted by atomic mass is 16.1. The second kappa shape index (κ2) is 3.18. The first-order chi connectivity index (χ1) is 6.38. The standard InChI is InChI=1S/C9H7N3O/c13-9-8(5-11-6-12-9)7-1-3-10-4-2-7/h1-6H,(H,11,12,13). The van der Waals surface area contributed by atoms with Crippen molar-refractivity contribution < 1.29 is 0 Å². The lowest BCUT2D eigenvalue weighted by Gasteiger charge is -1.96. The van der Waals surface area contributed by atoms with Gasteiger partial charge in [-0.3, -0.25) is 9.78 Å². The van der Waals surface area contributed by atoms with Crippen LogP contribution in [0.4, 0.5) is 0 Å². The first-order valence-electron chi connectivity index (χ1n) is 3.81. The van der Waals surface area contributed by atoms with Crippen LogP contribution in [-0.2, 0) is 0 Å². The van der Waals surface area contributed by atoms with E-state index in [0.717, 1.165) is 5.56 Å². The van der Waals surface area contributed by atoms with Crippen LogP contribution in [0.5, 0.6) is 0 Å². The maximum absolute atomic E-state index is 11.3. The van der Waals surface area contributed by atoms with Crippen LogP contribution in [0.25, 0.3) is 11.1 Å². The van der Waals surface area contributed by atoms with Gasteiger partial charge in [-0.1, -0.05) is 0 Å². The molecule has 2 rings (SSSR count). The zero-order chi connectivity index (χ0) is 9.10. The smallest absolute Gasteiger partial charge is 0.258 e. The molecule has 0 aliphatic carbocycles. The number of pyridine rings is 1. The summed E-state index contributed by atoms with van der Waals surface area (Å²) in [6.07, 6.45) is 6.19. The van der Waals surface area contributed by atoms with Crippen molar-refractivity contribution in [2.45, 2.75) is 0 Å². The van der Waals surface area contributed by atoms with Crippen molar-refractivity contribution in [3.63, 3.8) is 0 Å². The zero-order valence-corrected chi connectivity index (χ0v) is 6.77. The average molecular weight is 173 g/mol. The predicted octanol–water partition coefficient (Wildman–Crippen LogP) is 0.832. The number of hydrogen-bond donors (Lipinski definition) is 1. The van der Waals surface area contributed by atoms with Crippen molar-refractivity contribution in [3.05, 3.63) is 47.4 Å². The number of H-pyrrole nitrogens is 1. The third kappa shape index (κ3) is 1.46. The SMILES string of the molecule is O=c1[nH]cncc1-c1ccncc1. The van der Waals surface area contributed by atoms with Crippen molar-refractivity contribution in [2.75, 3.05) is 0 Å². The van der Waals surface area contributed by atoms with E-state index in [1.54, 1.807) is 24.5 Å². The molecule has 0 bridgehead atoms. The fourth-order valence-corrected chi connectivity index (χ4v) is 1.08. The third-order valence-electron chi connectivity index (χ3n) is 1.71. The van der Waals surface area contributed by atoms with Crippen molar-refractivity contribution in [1.29, 1.82) is 0 Å². The molecule has 4 heteroatoms. The molecule has 0 amide bonds. The summed E-state index contributed by atoms with van der Waals surface area (Å²) in [5.74, 6) is 0. The van der Waals surface area contributed by atoms with Gasteiger partial charge in [0, 0.05) is 18.6 Å². The Bertz CT molecular complexity index is 450. The molecule has 0 saturated heterocycles. The monoisotopic (exact) mass is 173 g/mol. The molecule has 2 heterocycles. The summed E-state index contributed by atoms with van der Waals surface area (Å²) in [5, 5.41) is 0. The van der Waals surface area contributed by atoms with E-state index in [0.29, 0.717) is 5.56 Å². The molecule has 0 aliphatic rings. The minimum atomic E-state index is -0.138. The average Bonchev–Trinajstić information content (AvgIpc) is 2.20. The van der Waals surface area contributed by atoms with Crippen LogP contribution in [0.1, 0.15) is 0 Å². The van der Waals surface area contributed by atoms with Crippen LogP contribution in [0.3, 0.4) is 0 Å². The van der Waals surface area contributed by atoms with Crippen LogP contribution >= 0.6 is 0 Å². The van der Waals surface area contributed by atoms with Crippen LogP contribution in [0, 0.1) is 0 Å². The van der Waals surface area contributed by atoms with Crippen LogP contribution in [0.2, 0.25) is 0 Å². The number of nitrogens with one attached hydrogen (secondary N) is 1. The topological polar surface area (TPSA) is 58.6 Å². The van der Waals surface area contributed by atoms with Crippen molar-refractivity contribution >= 4 is 0 Å². The molecule has 2 aromatic heterocycles. The quantitative estimate of drug-likeness (QED) is 0.694. The first kappa shape index (κ1) is 7.67. The molecular weight excluding hydrogens is 166 g/mol. The molecule has 0 aliphatic heterocycles. The Balaban J connectivity index is 2.60. The Hall–Kier alpha value is -1.97. The number of nitrogens with zero attached hydrogens (tertiary/aromatic N) is 2. The summed E-state index contributed by atoms with van der Waals surface area (Å²) in [6, 6.07) is 3.54. The normalized spacial score (nSPS) is 9.85. The number of aromatic amines is 1. The maximum Gasteiger partial charge on any atom is 0.258 e. The Morgan fingerprint density at radius 1 is 1.15 bits per heavy atom. The van der Waals surface area contributed by atoms with E-state index in [4.69, 9.17) is 0 Å². The Morgan fingerprint density at radius 3 is 2.62 bits per heavy atom. The Kier molecular flexibility index (Phi) is 1.88. The van der Waals surface area contributed by atoms with E-state index in [-0.39, 0.29) is 5.56 Å². The second-order valence-electron chi connectivity index (χ2n) is 2.53. The van der Waals surface area contributed by atoms with E-state index < -0.39 is 0 Å². The lowest BCUT2D eigenvalue weighted by Crippen LogP contribution is -2.08. The highest BCUT2D eigenvalue weighted by molar-refractivity contribution is 5.60. The molecule has 0 fully saturated rings. The summed E-state index contributed by atoms with van der Waals surface area (Å²) in [4.78, 5) is 21.5. The van der Waals surface area contributed by atoms with Gasteiger partial charge in [-0.15, -0.1) is 0 Å². The summed E-state index contributed by atoms with van der Waals surface area (Å²) in [6.45, 7) is 0. The number of hydrogen-bond acceptors (Lipinski definition) is 3. The minimum Gasteiger partial charge on any atom is -0.313 e. The predicted molar refractivity (Wildman–Crippen MR) is 48.1 cm³/mol. The highest BCUT2D eigenvalue weighted by Crippen LogP contribution is 2.10. The number of rotatable bonds is 1. The van der Waals surface area contributed by atoms with Gasteiger partial charge in [-0.05, 0) is 17.7 Å². The molecule has 0 aromatic carbocycles. The summed E-state index contributed by atoms with van der Waals surface area (Å²) in [7, 11) is 0. The zero-order valence-electron chi connectivity index (χ0n) is 6.77. The Morgan fingerprint density at radius 2 is 1.92 bits per heavy atom. The van der Waals surface area contributed by atoms with E-state index >= 15 is 0 Å². The van der Waals surface area contributed by atoms with Gasteiger partial charge in [0.15, 0.2) is 0 Å². The summed E-state index contributed by atoms with van der Waals surface area (Å²) < 4.78 is 0. The molecule has 1 N–H and O–H groups in total.